The maximum atomic E-state index is 11.9. The highest BCUT2D eigenvalue weighted by Crippen LogP contribution is 2.19. The van der Waals surface area contributed by atoms with Gasteiger partial charge in [-0.1, -0.05) is 43.2 Å². The van der Waals surface area contributed by atoms with Gasteiger partial charge < -0.3 is 15.5 Å². The van der Waals surface area contributed by atoms with Crippen LogP contribution < -0.4 is 5.32 Å². The van der Waals surface area contributed by atoms with E-state index in [4.69, 9.17) is 0 Å². The van der Waals surface area contributed by atoms with Crippen LogP contribution in [0, 0.1) is 0 Å². The Morgan fingerprint density at radius 1 is 1.15 bits per heavy atom. The van der Waals surface area contributed by atoms with E-state index in [1.165, 1.54) is 0 Å². The van der Waals surface area contributed by atoms with Gasteiger partial charge >= 0.3 is 0 Å². The molecule has 1 amide bonds. The van der Waals surface area contributed by atoms with E-state index >= 15 is 0 Å². The molecule has 20 heavy (non-hydrogen) atoms. The maximum absolute atomic E-state index is 11.9. The first-order valence-corrected chi connectivity index (χ1v) is 7.36. The summed E-state index contributed by atoms with van der Waals surface area (Å²) in [6, 6.07) is 9.54. The smallest absolute Gasteiger partial charge is 0.220 e. The topological polar surface area (TPSA) is 69.6 Å². The summed E-state index contributed by atoms with van der Waals surface area (Å²) in [5.41, 5.74) is 1.13. The van der Waals surface area contributed by atoms with Gasteiger partial charge in [0.15, 0.2) is 0 Å². The molecule has 1 aromatic carbocycles. The molecule has 0 spiro atoms. The first kappa shape index (κ1) is 15.0. The first-order chi connectivity index (χ1) is 9.66. The van der Waals surface area contributed by atoms with Gasteiger partial charge in [0.2, 0.25) is 5.91 Å². The molecule has 110 valence electrons. The molecule has 1 aliphatic carbocycles. The van der Waals surface area contributed by atoms with E-state index in [-0.39, 0.29) is 11.9 Å². The predicted molar refractivity (Wildman–Crippen MR) is 77.2 cm³/mol. The molecule has 1 aliphatic rings. The Kier molecular flexibility index (Phi) is 5.56. The number of nitrogens with one attached hydrogen (secondary N) is 1. The molecule has 4 heteroatoms. The fraction of sp³-hybridized carbons (Fsp3) is 0.562. The highest BCUT2D eigenvalue weighted by Gasteiger charge is 2.29. The quantitative estimate of drug-likeness (QED) is 0.729. The van der Waals surface area contributed by atoms with Crippen LogP contribution in [0.4, 0.5) is 0 Å². The van der Waals surface area contributed by atoms with Crippen LogP contribution in [0.15, 0.2) is 30.3 Å². The van der Waals surface area contributed by atoms with Crippen LogP contribution in [0.2, 0.25) is 0 Å². The zero-order valence-electron chi connectivity index (χ0n) is 11.7. The summed E-state index contributed by atoms with van der Waals surface area (Å²) in [5.74, 6) is -0.0630. The summed E-state index contributed by atoms with van der Waals surface area (Å²) in [6.45, 7) is 0. The minimum atomic E-state index is -0.849. The summed E-state index contributed by atoms with van der Waals surface area (Å²) in [6.07, 6.45) is 2.69. The lowest BCUT2D eigenvalue weighted by Crippen LogP contribution is -2.47. The Labute approximate surface area is 119 Å². The van der Waals surface area contributed by atoms with Crippen molar-refractivity contribution in [3.63, 3.8) is 0 Å². The number of aryl methyl sites for hydroxylation is 1. The van der Waals surface area contributed by atoms with Crippen molar-refractivity contribution in [2.75, 3.05) is 0 Å². The lowest BCUT2D eigenvalue weighted by molar-refractivity contribution is -0.123. The Bertz CT molecular complexity index is 421. The van der Waals surface area contributed by atoms with Gasteiger partial charge in [-0.15, -0.1) is 0 Å². The van der Waals surface area contributed by atoms with Crippen molar-refractivity contribution in [2.24, 2.45) is 0 Å². The molecule has 0 unspecified atom stereocenters. The van der Waals surface area contributed by atoms with Gasteiger partial charge in [0.1, 0.15) is 0 Å². The van der Waals surface area contributed by atoms with Crippen molar-refractivity contribution in [3.8, 4) is 0 Å². The third kappa shape index (κ3) is 4.32. The molecule has 1 aromatic rings. The van der Waals surface area contributed by atoms with Gasteiger partial charge in [0, 0.05) is 6.42 Å². The molecule has 3 atom stereocenters. The molecular weight excluding hydrogens is 254 g/mol. The monoisotopic (exact) mass is 277 g/mol. The van der Waals surface area contributed by atoms with Crippen molar-refractivity contribution >= 4 is 5.91 Å². The second-order valence-corrected chi connectivity index (χ2v) is 5.50. The van der Waals surface area contributed by atoms with Crippen molar-refractivity contribution in [1.29, 1.82) is 0 Å². The number of hydrogen-bond donors (Lipinski definition) is 3. The largest absolute Gasteiger partial charge is 0.390 e. The average molecular weight is 277 g/mol. The minimum absolute atomic E-state index is 0.0630. The zero-order valence-corrected chi connectivity index (χ0v) is 11.7. The second kappa shape index (κ2) is 7.41. The van der Waals surface area contributed by atoms with E-state index in [9.17, 15) is 15.0 Å². The van der Waals surface area contributed by atoms with Gasteiger partial charge in [0.05, 0.1) is 18.2 Å². The molecule has 0 aliphatic heterocycles. The van der Waals surface area contributed by atoms with Gasteiger partial charge in [-0.05, 0) is 24.8 Å². The standard InChI is InChI=1S/C16H23NO3/c18-14-9-5-4-8-13(16(14)20)17-15(19)11-10-12-6-2-1-3-7-12/h1-3,6-7,13-14,16,18,20H,4-5,8-11H2,(H,17,19)/t13-,14-,16-/m1/s1. The van der Waals surface area contributed by atoms with Crippen LogP contribution in [0.3, 0.4) is 0 Å². The van der Waals surface area contributed by atoms with Gasteiger partial charge in [-0.25, -0.2) is 0 Å². The Morgan fingerprint density at radius 3 is 2.60 bits per heavy atom. The number of carbonyl (C=O) groups excluding carboxylic acids is 1. The lowest BCUT2D eigenvalue weighted by Gasteiger charge is -2.24. The van der Waals surface area contributed by atoms with Crippen LogP contribution in [0.5, 0.6) is 0 Å². The van der Waals surface area contributed by atoms with Crippen molar-refractivity contribution in [2.45, 2.75) is 56.8 Å². The molecule has 0 saturated heterocycles. The zero-order chi connectivity index (χ0) is 14.4. The average Bonchev–Trinajstić information content (AvgIpc) is 2.62. The lowest BCUT2D eigenvalue weighted by atomic mass is 10.0. The maximum Gasteiger partial charge on any atom is 0.220 e. The van der Waals surface area contributed by atoms with E-state index in [0.717, 1.165) is 24.8 Å². The summed E-state index contributed by atoms with van der Waals surface area (Å²) < 4.78 is 0. The minimum Gasteiger partial charge on any atom is -0.390 e. The number of aliphatic hydroxyl groups is 2. The molecule has 0 heterocycles. The van der Waals surface area contributed by atoms with Gasteiger partial charge in [0.25, 0.3) is 0 Å². The van der Waals surface area contributed by atoms with Crippen LogP contribution in [0.1, 0.15) is 37.7 Å². The Hall–Kier alpha value is -1.39. The number of benzene rings is 1. The number of carbonyl (C=O) groups is 1. The van der Waals surface area contributed by atoms with Crippen LogP contribution in [-0.4, -0.2) is 34.4 Å². The van der Waals surface area contributed by atoms with Crippen LogP contribution in [-0.2, 0) is 11.2 Å². The van der Waals surface area contributed by atoms with E-state index in [1.54, 1.807) is 0 Å². The fourth-order valence-corrected chi connectivity index (χ4v) is 2.67. The third-order valence-corrected chi connectivity index (χ3v) is 3.90. The van der Waals surface area contributed by atoms with Crippen LogP contribution >= 0.6 is 0 Å². The van der Waals surface area contributed by atoms with Crippen LogP contribution in [0.25, 0.3) is 0 Å². The highest BCUT2D eigenvalue weighted by molar-refractivity contribution is 5.76. The fourth-order valence-electron chi connectivity index (χ4n) is 2.67. The van der Waals surface area contributed by atoms with Crippen molar-refractivity contribution in [3.05, 3.63) is 35.9 Å². The molecule has 0 radical (unpaired) electrons. The second-order valence-electron chi connectivity index (χ2n) is 5.50. The number of hydrogen-bond acceptors (Lipinski definition) is 3. The molecule has 0 aromatic heterocycles. The van der Waals surface area contributed by atoms with E-state index in [2.05, 4.69) is 5.32 Å². The van der Waals surface area contributed by atoms with E-state index in [0.29, 0.717) is 19.3 Å². The first-order valence-electron chi connectivity index (χ1n) is 7.36. The Balaban J connectivity index is 1.81. The number of amides is 1. The molecular formula is C16H23NO3. The van der Waals surface area contributed by atoms with Crippen molar-refractivity contribution < 1.29 is 15.0 Å². The number of aliphatic hydroxyl groups excluding tert-OH is 2. The number of rotatable bonds is 4. The SMILES string of the molecule is O=C(CCc1ccccc1)N[C@@H]1CCCC[C@@H](O)[C@@H]1O. The highest BCUT2D eigenvalue weighted by atomic mass is 16.3. The summed E-state index contributed by atoms with van der Waals surface area (Å²) >= 11 is 0. The molecule has 1 saturated carbocycles. The molecule has 4 nitrogen and oxygen atoms in total. The normalized spacial score (nSPS) is 26.8. The summed E-state index contributed by atoms with van der Waals surface area (Å²) in [7, 11) is 0. The van der Waals surface area contributed by atoms with E-state index in [1.807, 2.05) is 30.3 Å². The van der Waals surface area contributed by atoms with E-state index < -0.39 is 12.2 Å². The van der Waals surface area contributed by atoms with Gasteiger partial charge in [-0.3, -0.25) is 4.79 Å². The Morgan fingerprint density at radius 2 is 1.85 bits per heavy atom. The summed E-state index contributed by atoms with van der Waals surface area (Å²) in [4.78, 5) is 11.9. The third-order valence-electron chi connectivity index (χ3n) is 3.90. The summed E-state index contributed by atoms with van der Waals surface area (Å²) in [5, 5.41) is 22.6. The molecule has 0 bridgehead atoms. The predicted octanol–water partition coefficient (Wildman–Crippen LogP) is 1.40. The molecule has 1 fully saturated rings. The van der Waals surface area contributed by atoms with Gasteiger partial charge in [-0.2, -0.15) is 0 Å². The molecule has 3 N–H and O–H groups in total. The molecule has 2 rings (SSSR count). The van der Waals surface area contributed by atoms with Crippen molar-refractivity contribution in [1.82, 2.24) is 5.32 Å².